The molecule has 0 bridgehead atoms. The maximum atomic E-state index is 13.0. The Morgan fingerprint density at radius 2 is 1.94 bits per heavy atom. The number of hydrogen-bond donors (Lipinski definition) is 1. The van der Waals surface area contributed by atoms with Crippen molar-refractivity contribution in [1.82, 2.24) is 5.16 Å². The molecular formula is C10H6F2N2O2. The third kappa shape index (κ3) is 1.65. The molecule has 1 aromatic carbocycles. The molecule has 0 aliphatic rings. The van der Waals surface area contributed by atoms with Crippen molar-refractivity contribution in [2.75, 3.05) is 5.73 Å². The fraction of sp³-hybridized carbons (Fsp3) is 0. The molecule has 1 heterocycles. The number of nitrogens with zero attached hydrogens (tertiary/aromatic N) is 1. The first-order valence-electron chi connectivity index (χ1n) is 4.28. The highest BCUT2D eigenvalue weighted by atomic mass is 19.2. The molecule has 82 valence electrons. The lowest BCUT2D eigenvalue weighted by Gasteiger charge is -2.01. The summed E-state index contributed by atoms with van der Waals surface area (Å²) in [5, 5.41) is 3.52. The van der Waals surface area contributed by atoms with E-state index in [1.807, 2.05) is 0 Å². The van der Waals surface area contributed by atoms with Gasteiger partial charge in [0.25, 0.3) is 0 Å². The van der Waals surface area contributed by atoms with Crippen LogP contribution in [0, 0.1) is 11.6 Å². The Bertz CT molecular complexity index is 552. The summed E-state index contributed by atoms with van der Waals surface area (Å²) in [6.07, 6.45) is 0.405. The van der Waals surface area contributed by atoms with E-state index < -0.39 is 11.6 Å². The normalized spacial score (nSPS) is 10.4. The van der Waals surface area contributed by atoms with Gasteiger partial charge in [-0.25, -0.2) is 8.78 Å². The Balaban J connectivity index is 2.63. The van der Waals surface area contributed by atoms with Crippen LogP contribution in [0.15, 0.2) is 22.7 Å². The molecule has 0 radical (unpaired) electrons. The first-order chi connectivity index (χ1) is 7.61. The third-order valence-corrected chi connectivity index (χ3v) is 2.02. The molecule has 2 aromatic rings. The largest absolute Gasteiger partial charge is 0.368 e. The number of carbonyl (C=O) groups is 1. The zero-order valence-corrected chi connectivity index (χ0v) is 7.91. The SMILES string of the molecule is Nc1cc(-c2cc(F)c(F)cc2C=O)no1. The van der Waals surface area contributed by atoms with E-state index in [1.165, 1.54) is 6.07 Å². The molecule has 2 N–H and O–H groups in total. The number of benzene rings is 1. The quantitative estimate of drug-likeness (QED) is 0.792. The highest BCUT2D eigenvalue weighted by Gasteiger charge is 2.14. The maximum Gasteiger partial charge on any atom is 0.222 e. The molecule has 6 heteroatoms. The van der Waals surface area contributed by atoms with Gasteiger partial charge in [-0.2, -0.15) is 0 Å². The molecule has 0 amide bonds. The van der Waals surface area contributed by atoms with E-state index in [9.17, 15) is 13.6 Å². The van der Waals surface area contributed by atoms with Crippen LogP contribution >= 0.6 is 0 Å². The molecular weight excluding hydrogens is 218 g/mol. The van der Waals surface area contributed by atoms with Gasteiger partial charge in [-0.05, 0) is 12.1 Å². The van der Waals surface area contributed by atoms with Crippen molar-refractivity contribution in [2.45, 2.75) is 0 Å². The van der Waals surface area contributed by atoms with Crippen LogP contribution in [-0.4, -0.2) is 11.4 Å². The summed E-state index contributed by atoms with van der Waals surface area (Å²) in [7, 11) is 0. The predicted octanol–water partition coefficient (Wildman–Crippen LogP) is 2.01. The summed E-state index contributed by atoms with van der Waals surface area (Å²) in [6.45, 7) is 0. The first-order valence-corrected chi connectivity index (χ1v) is 4.28. The molecule has 0 aliphatic carbocycles. The molecule has 0 unspecified atom stereocenters. The average Bonchev–Trinajstić information content (AvgIpc) is 2.68. The van der Waals surface area contributed by atoms with E-state index in [0.717, 1.165) is 12.1 Å². The van der Waals surface area contributed by atoms with Gasteiger partial charge in [0.15, 0.2) is 17.9 Å². The highest BCUT2D eigenvalue weighted by molar-refractivity contribution is 5.86. The third-order valence-electron chi connectivity index (χ3n) is 2.02. The number of aldehydes is 1. The van der Waals surface area contributed by atoms with Crippen LogP contribution < -0.4 is 5.73 Å². The van der Waals surface area contributed by atoms with Gasteiger partial charge < -0.3 is 10.3 Å². The topological polar surface area (TPSA) is 69.1 Å². The second kappa shape index (κ2) is 3.73. The summed E-state index contributed by atoms with van der Waals surface area (Å²) in [5.74, 6) is -2.14. The van der Waals surface area contributed by atoms with Crippen LogP contribution in [0.4, 0.5) is 14.7 Å². The summed E-state index contributed by atoms with van der Waals surface area (Å²) in [4.78, 5) is 10.7. The van der Waals surface area contributed by atoms with Crippen LogP contribution in [0.2, 0.25) is 0 Å². The van der Waals surface area contributed by atoms with Crippen molar-refractivity contribution < 1.29 is 18.1 Å². The summed E-state index contributed by atoms with van der Waals surface area (Å²) < 4.78 is 30.5. The Morgan fingerprint density at radius 1 is 1.25 bits per heavy atom. The number of hydrogen-bond acceptors (Lipinski definition) is 4. The molecule has 4 nitrogen and oxygen atoms in total. The van der Waals surface area contributed by atoms with Crippen LogP contribution in [0.25, 0.3) is 11.3 Å². The van der Waals surface area contributed by atoms with E-state index in [-0.39, 0.29) is 22.7 Å². The Labute approximate surface area is 88.7 Å². The number of anilines is 1. The van der Waals surface area contributed by atoms with Crippen molar-refractivity contribution in [2.24, 2.45) is 0 Å². The van der Waals surface area contributed by atoms with Crippen LogP contribution in [0.5, 0.6) is 0 Å². The van der Waals surface area contributed by atoms with Crippen molar-refractivity contribution in [3.05, 3.63) is 35.4 Å². The zero-order chi connectivity index (χ0) is 11.7. The van der Waals surface area contributed by atoms with Crippen molar-refractivity contribution in [3.8, 4) is 11.3 Å². The van der Waals surface area contributed by atoms with Gasteiger partial charge in [0, 0.05) is 17.2 Å². The molecule has 0 spiro atoms. The second-order valence-corrected chi connectivity index (χ2v) is 3.09. The minimum absolute atomic E-state index is 0.0211. The number of nitrogens with two attached hydrogens (primary N) is 1. The lowest BCUT2D eigenvalue weighted by Crippen LogP contribution is -1.93. The lowest BCUT2D eigenvalue weighted by molar-refractivity contribution is 0.112. The monoisotopic (exact) mass is 224 g/mol. The van der Waals surface area contributed by atoms with Crippen LogP contribution in [0.1, 0.15) is 10.4 Å². The fourth-order valence-electron chi connectivity index (χ4n) is 1.30. The van der Waals surface area contributed by atoms with Gasteiger partial charge in [0.05, 0.1) is 0 Å². The molecule has 1 aromatic heterocycles. The molecule has 2 rings (SSSR count). The van der Waals surface area contributed by atoms with E-state index in [2.05, 4.69) is 9.68 Å². The molecule has 0 atom stereocenters. The van der Waals surface area contributed by atoms with Gasteiger partial charge in [-0.15, -0.1) is 0 Å². The summed E-state index contributed by atoms with van der Waals surface area (Å²) in [5.41, 5.74) is 5.58. The molecule has 0 aliphatic heterocycles. The van der Waals surface area contributed by atoms with E-state index in [4.69, 9.17) is 5.73 Å². The highest BCUT2D eigenvalue weighted by Crippen LogP contribution is 2.25. The zero-order valence-electron chi connectivity index (χ0n) is 7.91. The average molecular weight is 224 g/mol. The summed E-state index contributed by atoms with van der Waals surface area (Å²) in [6, 6.07) is 2.98. The number of halogens is 2. The minimum Gasteiger partial charge on any atom is -0.368 e. The fourth-order valence-corrected chi connectivity index (χ4v) is 1.30. The number of aromatic nitrogens is 1. The number of rotatable bonds is 2. The Kier molecular flexibility index (Phi) is 2.40. The maximum absolute atomic E-state index is 13.0. The number of nitrogen functional groups attached to an aromatic ring is 1. The van der Waals surface area contributed by atoms with Gasteiger partial charge in [-0.1, -0.05) is 5.16 Å². The van der Waals surface area contributed by atoms with E-state index in [1.54, 1.807) is 0 Å². The van der Waals surface area contributed by atoms with Gasteiger partial charge >= 0.3 is 0 Å². The van der Waals surface area contributed by atoms with E-state index in [0.29, 0.717) is 6.29 Å². The van der Waals surface area contributed by atoms with Crippen molar-refractivity contribution in [3.63, 3.8) is 0 Å². The van der Waals surface area contributed by atoms with Gasteiger partial charge in [0.2, 0.25) is 5.88 Å². The summed E-state index contributed by atoms with van der Waals surface area (Å²) >= 11 is 0. The minimum atomic E-state index is -1.10. The molecule has 0 fully saturated rings. The first kappa shape index (κ1) is 10.3. The van der Waals surface area contributed by atoms with Crippen molar-refractivity contribution >= 4 is 12.2 Å². The smallest absolute Gasteiger partial charge is 0.222 e. The van der Waals surface area contributed by atoms with Crippen molar-refractivity contribution in [1.29, 1.82) is 0 Å². The number of carbonyl (C=O) groups excluding carboxylic acids is 1. The van der Waals surface area contributed by atoms with Crippen LogP contribution in [0.3, 0.4) is 0 Å². The molecule has 0 saturated heterocycles. The standard InChI is InChI=1S/C10H6F2N2O2/c11-7-1-5(4-15)6(2-8(7)12)9-3-10(13)16-14-9/h1-4H,13H2. The Hall–Kier alpha value is -2.24. The lowest BCUT2D eigenvalue weighted by atomic mass is 10.1. The Morgan fingerprint density at radius 3 is 2.50 bits per heavy atom. The molecule has 16 heavy (non-hydrogen) atoms. The van der Waals surface area contributed by atoms with Gasteiger partial charge in [-0.3, -0.25) is 4.79 Å². The van der Waals surface area contributed by atoms with Gasteiger partial charge in [0.1, 0.15) is 5.69 Å². The molecule has 0 saturated carbocycles. The predicted molar refractivity (Wildman–Crippen MR) is 51.7 cm³/mol. The van der Waals surface area contributed by atoms with Crippen LogP contribution in [-0.2, 0) is 0 Å². The van der Waals surface area contributed by atoms with E-state index >= 15 is 0 Å². The second-order valence-electron chi connectivity index (χ2n) is 3.09.